The number of benzene rings is 1. The summed E-state index contributed by atoms with van der Waals surface area (Å²) in [6.45, 7) is 1.05. The first-order chi connectivity index (χ1) is 7.65. The summed E-state index contributed by atoms with van der Waals surface area (Å²) in [5.41, 5.74) is 7.59. The van der Waals surface area contributed by atoms with Crippen molar-refractivity contribution >= 4 is 34.0 Å². The van der Waals surface area contributed by atoms with Gasteiger partial charge < -0.3 is 10.6 Å². The number of fused-ring (bicyclic) bond motifs is 2. The van der Waals surface area contributed by atoms with E-state index in [4.69, 9.17) is 5.73 Å². The fourth-order valence-corrected chi connectivity index (χ4v) is 3.51. The van der Waals surface area contributed by atoms with Crippen molar-refractivity contribution < 1.29 is 4.39 Å². The largest absolute Gasteiger partial charge is 0.397 e. The van der Waals surface area contributed by atoms with Gasteiger partial charge in [0.1, 0.15) is 5.82 Å². The topological polar surface area (TPSA) is 29.3 Å². The maximum Gasteiger partial charge on any atom is 0.138 e. The Hall–Kier alpha value is -0.520. The summed E-state index contributed by atoms with van der Waals surface area (Å²) in [4.78, 5) is 2.29. The number of nitrogens with two attached hydrogens (primary N) is 1. The molecule has 2 N–H and O–H groups in total. The predicted molar refractivity (Wildman–Crippen MR) is 72.0 cm³/mol. The van der Waals surface area contributed by atoms with Crippen LogP contribution in [0.15, 0.2) is 12.1 Å². The van der Waals surface area contributed by atoms with Gasteiger partial charge in [0.05, 0.1) is 14.9 Å². The van der Waals surface area contributed by atoms with Crippen LogP contribution in [0, 0.1) is 15.3 Å². The van der Waals surface area contributed by atoms with Crippen LogP contribution in [0.25, 0.3) is 0 Å². The molecule has 1 heterocycles. The Labute approximate surface area is 108 Å². The molecule has 0 amide bonds. The summed E-state index contributed by atoms with van der Waals surface area (Å²) in [6, 6.07) is 3.92. The van der Waals surface area contributed by atoms with Gasteiger partial charge in [-0.05, 0) is 53.8 Å². The molecule has 0 spiro atoms. The second-order valence-corrected chi connectivity index (χ2v) is 5.97. The molecule has 3 rings (SSSR count). The molecule has 1 aliphatic heterocycles. The molecule has 2 bridgehead atoms. The standard InChI is InChI=1S/C12H14FIN2/c13-9-4-12(11(15)5-10(9)14)16-6-7-1-2-8(16)3-7/h4-5,7-8H,1-3,6,15H2. The van der Waals surface area contributed by atoms with Crippen molar-refractivity contribution in [3.8, 4) is 0 Å². The Balaban J connectivity index is 1.98. The van der Waals surface area contributed by atoms with Crippen molar-refractivity contribution in [3.05, 3.63) is 21.5 Å². The third-order valence-corrected chi connectivity index (χ3v) is 4.61. The van der Waals surface area contributed by atoms with E-state index in [1.54, 1.807) is 12.1 Å². The van der Waals surface area contributed by atoms with Gasteiger partial charge in [0.25, 0.3) is 0 Å². The molecule has 0 aromatic heterocycles. The highest BCUT2D eigenvalue weighted by Crippen LogP contribution is 2.42. The molecule has 16 heavy (non-hydrogen) atoms. The van der Waals surface area contributed by atoms with E-state index in [0.717, 1.165) is 18.2 Å². The third kappa shape index (κ3) is 1.58. The van der Waals surface area contributed by atoms with Crippen LogP contribution in [0.4, 0.5) is 15.8 Å². The zero-order valence-electron chi connectivity index (χ0n) is 8.92. The molecule has 86 valence electrons. The number of hydrogen-bond acceptors (Lipinski definition) is 2. The molecule has 4 heteroatoms. The fourth-order valence-electron chi connectivity index (χ4n) is 3.02. The highest BCUT2D eigenvalue weighted by molar-refractivity contribution is 14.1. The van der Waals surface area contributed by atoms with E-state index in [1.807, 2.05) is 22.6 Å². The highest BCUT2D eigenvalue weighted by Gasteiger charge is 2.38. The summed E-state index contributed by atoms with van der Waals surface area (Å²) < 4.78 is 14.2. The predicted octanol–water partition coefficient (Wildman–Crippen LogP) is 3.00. The van der Waals surface area contributed by atoms with Gasteiger partial charge in [-0.15, -0.1) is 0 Å². The van der Waals surface area contributed by atoms with Crippen LogP contribution in [0.3, 0.4) is 0 Å². The van der Waals surface area contributed by atoms with E-state index in [1.165, 1.54) is 19.3 Å². The van der Waals surface area contributed by atoms with Crippen LogP contribution in [0.2, 0.25) is 0 Å². The quantitative estimate of drug-likeness (QED) is 0.633. The lowest BCUT2D eigenvalue weighted by molar-refractivity contribution is 0.552. The van der Waals surface area contributed by atoms with Gasteiger partial charge >= 0.3 is 0 Å². The zero-order valence-corrected chi connectivity index (χ0v) is 11.1. The average Bonchev–Trinajstić information content (AvgIpc) is 2.84. The molecule has 1 saturated carbocycles. The van der Waals surface area contributed by atoms with Crippen molar-refractivity contribution in [2.75, 3.05) is 17.2 Å². The number of halogens is 2. The normalized spacial score (nSPS) is 27.8. The fraction of sp³-hybridized carbons (Fsp3) is 0.500. The van der Waals surface area contributed by atoms with Gasteiger partial charge in [0, 0.05) is 18.7 Å². The molecule has 0 radical (unpaired) electrons. The number of piperidine rings is 1. The van der Waals surface area contributed by atoms with E-state index in [2.05, 4.69) is 4.90 Å². The van der Waals surface area contributed by atoms with Crippen molar-refractivity contribution in [1.29, 1.82) is 0 Å². The summed E-state index contributed by atoms with van der Waals surface area (Å²) in [6.07, 6.45) is 3.82. The van der Waals surface area contributed by atoms with Crippen molar-refractivity contribution in [2.45, 2.75) is 25.3 Å². The SMILES string of the molecule is Nc1cc(I)c(F)cc1N1CC2CCC1C2. The molecule has 2 atom stereocenters. The molecule has 1 aromatic rings. The zero-order chi connectivity index (χ0) is 11.3. The summed E-state index contributed by atoms with van der Waals surface area (Å²) in [5.74, 6) is 0.638. The van der Waals surface area contributed by atoms with E-state index in [-0.39, 0.29) is 5.82 Å². The Morgan fingerprint density at radius 1 is 1.38 bits per heavy atom. The summed E-state index contributed by atoms with van der Waals surface area (Å²) >= 11 is 1.98. The lowest BCUT2D eigenvalue weighted by Crippen LogP contribution is -2.32. The minimum atomic E-state index is -0.160. The molecular formula is C12H14FIN2. The van der Waals surface area contributed by atoms with Gasteiger partial charge in [0.15, 0.2) is 0 Å². The smallest absolute Gasteiger partial charge is 0.138 e. The lowest BCUT2D eigenvalue weighted by atomic mass is 10.1. The van der Waals surface area contributed by atoms with Gasteiger partial charge in [0.2, 0.25) is 0 Å². The third-order valence-electron chi connectivity index (χ3n) is 3.79. The van der Waals surface area contributed by atoms with Gasteiger partial charge in [-0.1, -0.05) is 0 Å². The first-order valence-corrected chi connectivity index (χ1v) is 6.74. The van der Waals surface area contributed by atoms with Crippen LogP contribution in [-0.2, 0) is 0 Å². The molecule has 2 aliphatic rings. The highest BCUT2D eigenvalue weighted by atomic mass is 127. The van der Waals surface area contributed by atoms with Crippen molar-refractivity contribution in [2.24, 2.45) is 5.92 Å². The Kier molecular flexibility index (Phi) is 2.49. The molecule has 1 aromatic carbocycles. The van der Waals surface area contributed by atoms with Gasteiger partial charge in [-0.25, -0.2) is 4.39 Å². The molecule has 2 fully saturated rings. The van der Waals surface area contributed by atoms with E-state index in [9.17, 15) is 4.39 Å². The minimum absolute atomic E-state index is 0.160. The monoisotopic (exact) mass is 332 g/mol. The second-order valence-electron chi connectivity index (χ2n) is 4.81. The van der Waals surface area contributed by atoms with Crippen molar-refractivity contribution in [3.63, 3.8) is 0 Å². The van der Waals surface area contributed by atoms with Crippen molar-refractivity contribution in [1.82, 2.24) is 0 Å². The Bertz CT molecular complexity index is 435. The van der Waals surface area contributed by atoms with Gasteiger partial charge in [-0.3, -0.25) is 0 Å². The Morgan fingerprint density at radius 2 is 2.19 bits per heavy atom. The maximum atomic E-state index is 13.6. The molecular weight excluding hydrogens is 318 g/mol. The first kappa shape index (κ1) is 10.6. The van der Waals surface area contributed by atoms with E-state index >= 15 is 0 Å². The van der Waals surface area contributed by atoms with Crippen LogP contribution < -0.4 is 10.6 Å². The number of rotatable bonds is 1. The summed E-state index contributed by atoms with van der Waals surface area (Å²) in [5, 5.41) is 0. The van der Waals surface area contributed by atoms with E-state index in [0.29, 0.717) is 15.3 Å². The molecule has 2 unspecified atom stereocenters. The average molecular weight is 332 g/mol. The van der Waals surface area contributed by atoms with E-state index < -0.39 is 0 Å². The summed E-state index contributed by atoms with van der Waals surface area (Å²) in [7, 11) is 0. The first-order valence-electron chi connectivity index (χ1n) is 5.66. The van der Waals surface area contributed by atoms with Crippen LogP contribution in [-0.4, -0.2) is 12.6 Å². The number of nitrogen functional groups attached to an aromatic ring is 1. The maximum absolute atomic E-state index is 13.6. The molecule has 1 aliphatic carbocycles. The van der Waals surface area contributed by atoms with Crippen LogP contribution in [0.1, 0.15) is 19.3 Å². The second kappa shape index (κ2) is 3.75. The molecule has 2 nitrogen and oxygen atoms in total. The number of anilines is 2. The lowest BCUT2D eigenvalue weighted by Gasteiger charge is -2.30. The number of hydrogen-bond donors (Lipinski definition) is 1. The van der Waals surface area contributed by atoms with Crippen LogP contribution >= 0.6 is 22.6 Å². The molecule has 1 saturated heterocycles. The minimum Gasteiger partial charge on any atom is -0.397 e. The Morgan fingerprint density at radius 3 is 2.81 bits per heavy atom. The van der Waals surface area contributed by atoms with Crippen LogP contribution in [0.5, 0.6) is 0 Å². The number of nitrogens with zero attached hydrogens (tertiary/aromatic N) is 1. The van der Waals surface area contributed by atoms with Gasteiger partial charge in [-0.2, -0.15) is 0 Å².